The molecular formula is C14H16N2O4. The van der Waals surface area contributed by atoms with Crippen molar-refractivity contribution in [2.24, 2.45) is 0 Å². The van der Waals surface area contributed by atoms with Gasteiger partial charge in [0.15, 0.2) is 11.5 Å². The molecule has 6 nitrogen and oxygen atoms in total. The molecule has 0 saturated heterocycles. The van der Waals surface area contributed by atoms with Gasteiger partial charge in [-0.15, -0.1) is 0 Å². The lowest BCUT2D eigenvalue weighted by atomic mass is 10.2. The van der Waals surface area contributed by atoms with Crippen molar-refractivity contribution in [3.05, 3.63) is 30.1 Å². The monoisotopic (exact) mass is 276 g/mol. The van der Waals surface area contributed by atoms with Gasteiger partial charge in [0.2, 0.25) is 0 Å². The smallest absolute Gasteiger partial charge is 0.303 e. The molecule has 0 amide bonds. The number of aromatic nitrogens is 2. The predicted molar refractivity (Wildman–Crippen MR) is 73.1 cm³/mol. The van der Waals surface area contributed by atoms with Gasteiger partial charge in [0.1, 0.15) is 5.82 Å². The molecule has 0 atom stereocenters. The second-order valence-electron chi connectivity index (χ2n) is 4.22. The third-order valence-electron chi connectivity index (χ3n) is 2.89. The van der Waals surface area contributed by atoms with Crippen LogP contribution in [0, 0.1) is 0 Å². The molecule has 0 aliphatic carbocycles. The normalized spacial score (nSPS) is 10.3. The molecule has 0 bridgehead atoms. The van der Waals surface area contributed by atoms with Crippen molar-refractivity contribution in [2.75, 3.05) is 14.2 Å². The average molecular weight is 276 g/mol. The Morgan fingerprint density at radius 3 is 2.70 bits per heavy atom. The number of hydrogen-bond acceptors (Lipinski definition) is 4. The molecule has 0 unspecified atom stereocenters. The van der Waals surface area contributed by atoms with Gasteiger partial charge in [0.05, 0.1) is 20.6 Å². The minimum Gasteiger partial charge on any atom is -0.493 e. The Morgan fingerprint density at radius 1 is 1.30 bits per heavy atom. The summed E-state index contributed by atoms with van der Waals surface area (Å²) in [5, 5.41) is 8.66. The molecule has 20 heavy (non-hydrogen) atoms. The number of methoxy groups -OCH3 is 2. The van der Waals surface area contributed by atoms with Crippen molar-refractivity contribution in [3.63, 3.8) is 0 Å². The van der Waals surface area contributed by atoms with Gasteiger partial charge in [-0.2, -0.15) is 0 Å². The summed E-state index contributed by atoms with van der Waals surface area (Å²) < 4.78 is 10.4. The molecule has 0 spiro atoms. The molecule has 6 heteroatoms. The molecular weight excluding hydrogens is 260 g/mol. The Labute approximate surface area is 116 Å². The fraction of sp³-hybridized carbons (Fsp3) is 0.286. The second-order valence-corrected chi connectivity index (χ2v) is 4.22. The standard InChI is InChI=1S/C14H16N2O4/c1-19-11-5-3-9(7-12(11)20-2)14-15-8-10(16-14)4-6-13(17)18/h3,5,7-8H,4,6H2,1-2H3,(H,15,16)(H,17,18). The number of carboxylic acid groups (broad SMARTS) is 1. The number of H-pyrrole nitrogens is 1. The van der Waals surface area contributed by atoms with Crippen molar-refractivity contribution >= 4 is 5.97 Å². The minimum absolute atomic E-state index is 0.0770. The van der Waals surface area contributed by atoms with E-state index >= 15 is 0 Å². The van der Waals surface area contributed by atoms with Crippen LogP contribution in [0.2, 0.25) is 0 Å². The molecule has 1 aromatic carbocycles. The lowest BCUT2D eigenvalue weighted by Gasteiger charge is -2.08. The fourth-order valence-corrected chi connectivity index (χ4v) is 1.86. The lowest BCUT2D eigenvalue weighted by molar-refractivity contribution is -0.136. The summed E-state index contributed by atoms with van der Waals surface area (Å²) in [7, 11) is 3.15. The fourth-order valence-electron chi connectivity index (χ4n) is 1.86. The summed E-state index contributed by atoms with van der Waals surface area (Å²) in [6.07, 6.45) is 2.15. The number of aromatic amines is 1. The number of nitrogens with zero attached hydrogens (tertiary/aromatic N) is 1. The molecule has 2 aromatic rings. The van der Waals surface area contributed by atoms with Gasteiger partial charge in [0.25, 0.3) is 0 Å². The summed E-state index contributed by atoms with van der Waals surface area (Å²) >= 11 is 0. The van der Waals surface area contributed by atoms with Crippen LogP contribution in [0.15, 0.2) is 24.4 Å². The van der Waals surface area contributed by atoms with E-state index in [9.17, 15) is 4.79 Å². The third kappa shape index (κ3) is 3.09. The summed E-state index contributed by atoms with van der Waals surface area (Å²) in [6, 6.07) is 5.48. The lowest BCUT2D eigenvalue weighted by Crippen LogP contribution is -1.97. The third-order valence-corrected chi connectivity index (χ3v) is 2.89. The van der Waals surface area contributed by atoms with Crippen LogP contribution in [-0.4, -0.2) is 35.3 Å². The van der Waals surface area contributed by atoms with E-state index in [-0.39, 0.29) is 6.42 Å². The van der Waals surface area contributed by atoms with Gasteiger partial charge in [-0.1, -0.05) is 0 Å². The Morgan fingerprint density at radius 2 is 2.05 bits per heavy atom. The maximum Gasteiger partial charge on any atom is 0.303 e. The van der Waals surface area contributed by atoms with Crippen molar-refractivity contribution in [1.82, 2.24) is 9.97 Å². The zero-order valence-electron chi connectivity index (χ0n) is 11.3. The first-order chi connectivity index (χ1) is 9.63. The topological polar surface area (TPSA) is 84.4 Å². The highest BCUT2D eigenvalue weighted by Crippen LogP contribution is 2.31. The van der Waals surface area contributed by atoms with Crippen LogP contribution in [-0.2, 0) is 11.2 Å². The van der Waals surface area contributed by atoms with Gasteiger partial charge >= 0.3 is 5.97 Å². The van der Waals surface area contributed by atoms with Crippen LogP contribution in [0.4, 0.5) is 0 Å². The number of imidazole rings is 1. The van der Waals surface area contributed by atoms with Crippen molar-refractivity contribution < 1.29 is 19.4 Å². The maximum atomic E-state index is 10.5. The number of carboxylic acids is 1. The first-order valence-electron chi connectivity index (χ1n) is 6.12. The van der Waals surface area contributed by atoms with Gasteiger partial charge in [-0.25, -0.2) is 4.98 Å². The summed E-state index contributed by atoms with van der Waals surface area (Å²) in [5.74, 6) is 1.11. The zero-order chi connectivity index (χ0) is 14.5. The highest BCUT2D eigenvalue weighted by molar-refractivity contribution is 5.67. The highest BCUT2D eigenvalue weighted by atomic mass is 16.5. The van der Waals surface area contributed by atoms with E-state index in [1.165, 1.54) is 0 Å². The summed E-state index contributed by atoms with van der Waals surface area (Å²) in [4.78, 5) is 17.9. The molecule has 106 valence electrons. The molecule has 2 N–H and O–H groups in total. The number of hydrogen-bond donors (Lipinski definition) is 2. The van der Waals surface area contributed by atoms with E-state index in [2.05, 4.69) is 9.97 Å². The van der Waals surface area contributed by atoms with E-state index < -0.39 is 5.97 Å². The number of aryl methyl sites for hydroxylation is 1. The summed E-state index contributed by atoms with van der Waals surface area (Å²) in [6.45, 7) is 0. The van der Waals surface area contributed by atoms with E-state index in [1.807, 2.05) is 12.1 Å². The number of nitrogens with one attached hydrogen (secondary N) is 1. The van der Waals surface area contributed by atoms with Crippen LogP contribution in [0.3, 0.4) is 0 Å². The Hall–Kier alpha value is -2.50. The molecule has 0 fully saturated rings. The van der Waals surface area contributed by atoms with E-state index in [0.717, 1.165) is 11.3 Å². The average Bonchev–Trinajstić information content (AvgIpc) is 2.93. The Bertz CT molecular complexity index is 607. The van der Waals surface area contributed by atoms with Crippen molar-refractivity contribution in [2.45, 2.75) is 12.8 Å². The van der Waals surface area contributed by atoms with Crippen LogP contribution >= 0.6 is 0 Å². The number of carbonyl (C=O) groups is 1. The quantitative estimate of drug-likeness (QED) is 0.844. The largest absolute Gasteiger partial charge is 0.493 e. The van der Waals surface area contributed by atoms with Crippen LogP contribution in [0.25, 0.3) is 11.4 Å². The van der Waals surface area contributed by atoms with Crippen molar-refractivity contribution in [3.8, 4) is 22.9 Å². The maximum absolute atomic E-state index is 10.5. The molecule has 1 aromatic heterocycles. The second kappa shape index (κ2) is 6.10. The molecule has 0 aliphatic rings. The van der Waals surface area contributed by atoms with E-state index in [4.69, 9.17) is 14.6 Å². The van der Waals surface area contributed by atoms with Gasteiger partial charge in [-0.05, 0) is 24.6 Å². The SMILES string of the molecule is COc1ccc(-c2ncc(CCC(=O)O)[nH]2)cc1OC. The van der Waals surface area contributed by atoms with E-state index in [0.29, 0.717) is 23.7 Å². The van der Waals surface area contributed by atoms with Crippen molar-refractivity contribution in [1.29, 1.82) is 0 Å². The molecule has 2 rings (SSSR count). The number of benzene rings is 1. The Kier molecular flexibility index (Phi) is 4.24. The number of ether oxygens (including phenoxy) is 2. The van der Waals surface area contributed by atoms with Crippen LogP contribution < -0.4 is 9.47 Å². The van der Waals surface area contributed by atoms with Gasteiger partial charge < -0.3 is 19.6 Å². The predicted octanol–water partition coefficient (Wildman–Crippen LogP) is 2.11. The first-order valence-corrected chi connectivity index (χ1v) is 6.12. The van der Waals surface area contributed by atoms with Gasteiger partial charge in [0, 0.05) is 17.5 Å². The number of aliphatic carboxylic acids is 1. The van der Waals surface area contributed by atoms with Gasteiger partial charge in [-0.3, -0.25) is 4.79 Å². The van der Waals surface area contributed by atoms with Crippen LogP contribution in [0.1, 0.15) is 12.1 Å². The minimum atomic E-state index is -0.827. The highest BCUT2D eigenvalue weighted by Gasteiger charge is 2.09. The Balaban J connectivity index is 2.21. The first kappa shape index (κ1) is 13.9. The zero-order valence-corrected chi connectivity index (χ0v) is 11.3. The van der Waals surface area contributed by atoms with E-state index in [1.54, 1.807) is 26.5 Å². The molecule has 0 saturated carbocycles. The van der Waals surface area contributed by atoms with Crippen LogP contribution in [0.5, 0.6) is 11.5 Å². The molecule has 0 aliphatic heterocycles. The molecule has 0 radical (unpaired) electrons. The summed E-state index contributed by atoms with van der Waals surface area (Å²) in [5.41, 5.74) is 1.64. The molecule has 1 heterocycles. The number of rotatable bonds is 6.